The Labute approximate surface area is 129 Å². The lowest BCUT2D eigenvalue weighted by Crippen LogP contribution is -2.11. The predicted molar refractivity (Wildman–Crippen MR) is 88.7 cm³/mol. The largest absolute Gasteiger partial charge is 0.497 e. The number of methoxy groups -OCH3 is 1. The van der Waals surface area contributed by atoms with E-state index >= 15 is 0 Å². The Morgan fingerprint density at radius 3 is 2.50 bits per heavy atom. The molecule has 3 rings (SSSR count). The Morgan fingerprint density at radius 1 is 1.09 bits per heavy atom. The number of H-pyrrole nitrogens is 1. The maximum Gasteiger partial charge on any atom is 0.257 e. The van der Waals surface area contributed by atoms with E-state index in [0.717, 1.165) is 33.5 Å². The van der Waals surface area contributed by atoms with Crippen LogP contribution in [0.15, 0.2) is 42.6 Å². The van der Waals surface area contributed by atoms with Gasteiger partial charge in [0.1, 0.15) is 5.75 Å². The third kappa shape index (κ3) is 2.68. The highest BCUT2D eigenvalue weighted by Crippen LogP contribution is 2.24. The molecule has 2 N–H and O–H groups in total. The van der Waals surface area contributed by atoms with Crippen molar-refractivity contribution in [2.24, 2.45) is 0 Å². The summed E-state index contributed by atoms with van der Waals surface area (Å²) in [6.45, 7) is 4.03. The minimum atomic E-state index is -0.135. The fourth-order valence-electron chi connectivity index (χ4n) is 2.66. The Hall–Kier alpha value is -2.75. The molecule has 0 fully saturated rings. The van der Waals surface area contributed by atoms with Gasteiger partial charge >= 0.3 is 0 Å². The van der Waals surface area contributed by atoms with Crippen LogP contribution in [0.25, 0.3) is 10.9 Å². The Bertz CT molecular complexity index is 829. The first kappa shape index (κ1) is 14.2. The Morgan fingerprint density at radius 2 is 1.82 bits per heavy atom. The third-order valence-corrected chi connectivity index (χ3v) is 3.61. The van der Waals surface area contributed by atoms with Crippen molar-refractivity contribution in [1.82, 2.24) is 4.98 Å². The van der Waals surface area contributed by atoms with Crippen LogP contribution in [0.4, 0.5) is 5.69 Å². The van der Waals surface area contributed by atoms with Crippen LogP contribution < -0.4 is 10.1 Å². The van der Waals surface area contributed by atoms with Gasteiger partial charge in [-0.3, -0.25) is 4.79 Å². The minimum Gasteiger partial charge on any atom is -0.497 e. The monoisotopic (exact) mass is 294 g/mol. The van der Waals surface area contributed by atoms with Gasteiger partial charge in [-0.1, -0.05) is 6.07 Å². The number of carbonyl (C=O) groups excluding carboxylic acids is 1. The molecular weight excluding hydrogens is 276 g/mol. The van der Waals surface area contributed by atoms with Crippen molar-refractivity contribution in [2.45, 2.75) is 13.8 Å². The smallest absolute Gasteiger partial charge is 0.257 e. The number of carbonyl (C=O) groups is 1. The number of aryl methyl sites for hydroxylation is 2. The summed E-state index contributed by atoms with van der Waals surface area (Å²) in [6.07, 6.45) is 1.72. The molecule has 1 heterocycles. The summed E-state index contributed by atoms with van der Waals surface area (Å²) in [7, 11) is 1.61. The van der Waals surface area contributed by atoms with Gasteiger partial charge in [0.15, 0.2) is 0 Å². The number of benzene rings is 2. The molecule has 4 nitrogen and oxygen atoms in total. The van der Waals surface area contributed by atoms with Crippen LogP contribution in [-0.4, -0.2) is 18.0 Å². The van der Waals surface area contributed by atoms with Gasteiger partial charge in [0.05, 0.1) is 12.7 Å². The number of hydrogen-bond acceptors (Lipinski definition) is 2. The van der Waals surface area contributed by atoms with Crippen molar-refractivity contribution in [1.29, 1.82) is 0 Å². The molecule has 0 bridgehead atoms. The van der Waals surface area contributed by atoms with E-state index in [9.17, 15) is 4.79 Å². The maximum absolute atomic E-state index is 12.5. The summed E-state index contributed by atoms with van der Waals surface area (Å²) >= 11 is 0. The van der Waals surface area contributed by atoms with E-state index in [1.54, 1.807) is 13.3 Å². The first-order chi connectivity index (χ1) is 10.6. The van der Waals surface area contributed by atoms with Crippen LogP contribution in [-0.2, 0) is 0 Å². The van der Waals surface area contributed by atoms with Gasteiger partial charge in [-0.05, 0) is 55.3 Å². The summed E-state index contributed by atoms with van der Waals surface area (Å²) in [6, 6.07) is 11.6. The zero-order valence-corrected chi connectivity index (χ0v) is 12.9. The summed E-state index contributed by atoms with van der Waals surface area (Å²) in [5.74, 6) is 0.594. The minimum absolute atomic E-state index is 0.135. The number of aromatic nitrogens is 1. The van der Waals surface area contributed by atoms with Gasteiger partial charge in [-0.2, -0.15) is 0 Å². The molecule has 1 amide bonds. The molecule has 4 heteroatoms. The lowest BCUT2D eigenvalue weighted by Gasteiger charge is -2.07. The fourth-order valence-corrected chi connectivity index (χ4v) is 2.66. The molecule has 0 saturated heterocycles. The van der Waals surface area contributed by atoms with E-state index < -0.39 is 0 Å². The molecule has 0 aliphatic heterocycles. The molecule has 0 saturated carbocycles. The third-order valence-electron chi connectivity index (χ3n) is 3.61. The van der Waals surface area contributed by atoms with Gasteiger partial charge < -0.3 is 15.0 Å². The molecular formula is C18H18N2O2. The Kier molecular flexibility index (Phi) is 3.59. The lowest BCUT2D eigenvalue weighted by atomic mass is 10.1. The molecule has 0 radical (unpaired) electrons. The van der Waals surface area contributed by atoms with E-state index in [2.05, 4.69) is 16.4 Å². The van der Waals surface area contributed by atoms with Gasteiger partial charge in [0.2, 0.25) is 0 Å². The Balaban J connectivity index is 1.94. The second kappa shape index (κ2) is 5.56. The van der Waals surface area contributed by atoms with Crippen molar-refractivity contribution in [2.75, 3.05) is 12.4 Å². The van der Waals surface area contributed by atoms with Crippen molar-refractivity contribution in [3.8, 4) is 5.75 Å². The average molecular weight is 294 g/mol. The van der Waals surface area contributed by atoms with Crippen molar-refractivity contribution >= 4 is 22.5 Å². The molecule has 0 aliphatic rings. The predicted octanol–water partition coefficient (Wildman–Crippen LogP) is 4.05. The second-order valence-electron chi connectivity index (χ2n) is 5.44. The number of anilines is 1. The first-order valence-corrected chi connectivity index (χ1v) is 7.11. The first-order valence-electron chi connectivity index (χ1n) is 7.11. The number of nitrogens with one attached hydrogen (secondary N) is 2. The zero-order chi connectivity index (χ0) is 15.7. The topological polar surface area (TPSA) is 54.1 Å². The van der Waals surface area contributed by atoms with E-state index in [1.165, 1.54) is 0 Å². The molecule has 0 spiro atoms. The number of ether oxygens (including phenoxy) is 1. The number of rotatable bonds is 3. The van der Waals surface area contributed by atoms with Crippen LogP contribution in [0.2, 0.25) is 0 Å². The van der Waals surface area contributed by atoms with E-state index in [0.29, 0.717) is 5.56 Å². The highest BCUT2D eigenvalue weighted by molar-refractivity contribution is 6.13. The second-order valence-corrected chi connectivity index (χ2v) is 5.44. The highest BCUT2D eigenvalue weighted by Gasteiger charge is 2.13. The van der Waals surface area contributed by atoms with Gasteiger partial charge in [0.25, 0.3) is 5.91 Å². The molecule has 0 atom stereocenters. The van der Waals surface area contributed by atoms with Crippen LogP contribution in [0.1, 0.15) is 21.5 Å². The van der Waals surface area contributed by atoms with Crippen LogP contribution in [0.5, 0.6) is 5.75 Å². The highest BCUT2D eigenvalue weighted by atomic mass is 16.5. The standard InChI is InChI=1S/C18H18N2O2/c1-11-6-12(2)8-13(7-11)20-18(21)16-10-19-17-5-4-14(22-3)9-15(16)17/h4-10,19H,1-3H3,(H,20,21). The van der Waals surface area contributed by atoms with Gasteiger partial charge in [-0.15, -0.1) is 0 Å². The molecule has 112 valence electrons. The molecule has 0 aliphatic carbocycles. The normalized spacial score (nSPS) is 10.7. The lowest BCUT2D eigenvalue weighted by molar-refractivity contribution is 0.102. The summed E-state index contributed by atoms with van der Waals surface area (Å²) < 4.78 is 5.23. The summed E-state index contributed by atoms with van der Waals surface area (Å²) in [5, 5.41) is 3.80. The average Bonchev–Trinajstić information content (AvgIpc) is 2.88. The van der Waals surface area contributed by atoms with E-state index in [1.807, 2.05) is 44.2 Å². The molecule has 22 heavy (non-hydrogen) atoms. The number of fused-ring (bicyclic) bond motifs is 1. The van der Waals surface area contributed by atoms with E-state index in [-0.39, 0.29) is 5.91 Å². The maximum atomic E-state index is 12.5. The molecule has 0 unspecified atom stereocenters. The SMILES string of the molecule is COc1ccc2[nH]cc(C(=O)Nc3cc(C)cc(C)c3)c2c1. The molecule has 1 aromatic heterocycles. The van der Waals surface area contributed by atoms with Gasteiger partial charge in [0, 0.05) is 22.8 Å². The summed E-state index contributed by atoms with van der Waals surface area (Å²) in [4.78, 5) is 15.7. The molecule has 3 aromatic rings. The number of hydrogen-bond donors (Lipinski definition) is 2. The van der Waals surface area contributed by atoms with Crippen molar-refractivity contribution in [3.63, 3.8) is 0 Å². The van der Waals surface area contributed by atoms with E-state index in [4.69, 9.17) is 4.74 Å². The quantitative estimate of drug-likeness (QED) is 0.765. The van der Waals surface area contributed by atoms with Crippen LogP contribution in [0, 0.1) is 13.8 Å². The van der Waals surface area contributed by atoms with Crippen molar-refractivity contribution < 1.29 is 9.53 Å². The molecule has 2 aromatic carbocycles. The zero-order valence-electron chi connectivity index (χ0n) is 12.9. The summed E-state index contributed by atoms with van der Waals surface area (Å²) in [5.41, 5.74) is 4.56. The number of aromatic amines is 1. The van der Waals surface area contributed by atoms with Gasteiger partial charge in [-0.25, -0.2) is 0 Å². The number of amides is 1. The van der Waals surface area contributed by atoms with Crippen LogP contribution in [0.3, 0.4) is 0 Å². The fraction of sp³-hybridized carbons (Fsp3) is 0.167. The van der Waals surface area contributed by atoms with Crippen molar-refractivity contribution in [3.05, 3.63) is 59.3 Å². The van der Waals surface area contributed by atoms with Crippen LogP contribution >= 0.6 is 0 Å².